The summed E-state index contributed by atoms with van der Waals surface area (Å²) < 4.78 is 11.0. The Bertz CT molecular complexity index is 1010. The lowest BCUT2D eigenvalue weighted by Crippen LogP contribution is -1.85. The minimum absolute atomic E-state index is 0.0868. The Morgan fingerprint density at radius 3 is 2.46 bits per heavy atom. The highest BCUT2D eigenvalue weighted by Gasteiger charge is 2.12. The summed E-state index contributed by atoms with van der Waals surface area (Å²) in [5, 5.41) is 9.71. The largest absolute Gasteiger partial charge is 0.504 e. The van der Waals surface area contributed by atoms with Crippen molar-refractivity contribution in [2.45, 2.75) is 0 Å². The number of hydrogen-bond acceptors (Lipinski definition) is 4. The van der Waals surface area contributed by atoms with Crippen molar-refractivity contribution in [2.24, 2.45) is 0 Å². The maximum absolute atomic E-state index is 9.71. The molecule has 118 valence electrons. The molecule has 0 aliphatic heterocycles. The Kier molecular flexibility index (Phi) is 3.43. The molecule has 4 aromatic rings. The summed E-state index contributed by atoms with van der Waals surface area (Å²) in [4.78, 5) is 4.57. The molecule has 4 heteroatoms. The van der Waals surface area contributed by atoms with Gasteiger partial charge in [-0.15, -0.1) is 0 Å². The second-order valence-corrected chi connectivity index (χ2v) is 5.45. The molecule has 0 saturated heterocycles. The SMILES string of the molecule is COc1cc(-c2nc3cc(-c4ccccc4)ccc3o2)ccc1O. The van der Waals surface area contributed by atoms with Crippen LogP contribution in [-0.2, 0) is 0 Å². The monoisotopic (exact) mass is 317 g/mol. The summed E-state index contributed by atoms with van der Waals surface area (Å²) in [6.07, 6.45) is 0. The number of methoxy groups -OCH3 is 1. The Morgan fingerprint density at radius 2 is 1.67 bits per heavy atom. The van der Waals surface area contributed by atoms with Crippen LogP contribution < -0.4 is 4.74 Å². The molecular weight excluding hydrogens is 302 g/mol. The molecule has 3 aromatic carbocycles. The molecule has 0 unspecified atom stereocenters. The molecule has 0 amide bonds. The lowest BCUT2D eigenvalue weighted by atomic mass is 10.1. The number of aromatic hydroxyl groups is 1. The zero-order valence-electron chi connectivity index (χ0n) is 13.1. The second kappa shape index (κ2) is 5.74. The first kappa shape index (κ1) is 14.3. The van der Waals surface area contributed by atoms with Crippen LogP contribution in [0.2, 0.25) is 0 Å². The van der Waals surface area contributed by atoms with Gasteiger partial charge in [0.25, 0.3) is 0 Å². The minimum Gasteiger partial charge on any atom is -0.504 e. The molecule has 0 fully saturated rings. The van der Waals surface area contributed by atoms with Crippen LogP contribution in [0, 0.1) is 0 Å². The Labute approximate surface area is 139 Å². The lowest BCUT2D eigenvalue weighted by Gasteiger charge is -2.03. The van der Waals surface area contributed by atoms with E-state index in [-0.39, 0.29) is 5.75 Å². The molecule has 1 N–H and O–H groups in total. The van der Waals surface area contributed by atoms with Crippen molar-refractivity contribution in [2.75, 3.05) is 7.11 Å². The average molecular weight is 317 g/mol. The normalized spacial score (nSPS) is 10.9. The standard InChI is InChI=1S/C20H15NO3/c1-23-19-12-15(7-9-17(19)22)20-21-16-11-14(8-10-18(16)24-20)13-5-3-2-4-6-13/h2-12,22H,1H3. The molecule has 0 atom stereocenters. The molecule has 1 heterocycles. The number of nitrogens with zero attached hydrogens (tertiary/aromatic N) is 1. The van der Waals surface area contributed by atoms with Crippen LogP contribution in [0.4, 0.5) is 0 Å². The smallest absolute Gasteiger partial charge is 0.227 e. The molecule has 0 saturated carbocycles. The van der Waals surface area contributed by atoms with Crippen molar-refractivity contribution in [3.8, 4) is 34.1 Å². The van der Waals surface area contributed by atoms with Crippen LogP contribution in [0.5, 0.6) is 11.5 Å². The summed E-state index contributed by atoms with van der Waals surface area (Å²) in [5.74, 6) is 0.969. The van der Waals surface area contributed by atoms with E-state index in [9.17, 15) is 5.11 Å². The van der Waals surface area contributed by atoms with Crippen molar-refractivity contribution in [1.82, 2.24) is 4.98 Å². The fraction of sp³-hybridized carbons (Fsp3) is 0.0500. The number of phenolic OH excluding ortho intramolecular Hbond substituents is 1. The van der Waals surface area contributed by atoms with E-state index in [1.54, 1.807) is 18.2 Å². The highest BCUT2D eigenvalue weighted by molar-refractivity contribution is 5.82. The predicted molar refractivity (Wildman–Crippen MR) is 93.1 cm³/mol. The first-order chi connectivity index (χ1) is 11.7. The number of rotatable bonds is 3. The van der Waals surface area contributed by atoms with Crippen molar-refractivity contribution >= 4 is 11.1 Å². The van der Waals surface area contributed by atoms with Gasteiger partial charge in [0.15, 0.2) is 17.1 Å². The lowest BCUT2D eigenvalue weighted by molar-refractivity contribution is 0.373. The van der Waals surface area contributed by atoms with Crippen molar-refractivity contribution in [3.05, 3.63) is 66.7 Å². The summed E-state index contributed by atoms with van der Waals surface area (Å²) >= 11 is 0. The number of oxazole rings is 1. The van der Waals surface area contributed by atoms with Crippen LogP contribution in [0.15, 0.2) is 71.1 Å². The van der Waals surface area contributed by atoms with Crippen LogP contribution in [0.25, 0.3) is 33.7 Å². The number of phenols is 1. The van der Waals surface area contributed by atoms with Crippen LogP contribution in [0.1, 0.15) is 0 Å². The van der Waals surface area contributed by atoms with E-state index in [4.69, 9.17) is 9.15 Å². The Hall–Kier alpha value is -3.27. The average Bonchev–Trinajstić information content (AvgIpc) is 3.06. The van der Waals surface area contributed by atoms with Gasteiger partial charge in [0, 0.05) is 5.56 Å². The molecule has 4 nitrogen and oxygen atoms in total. The van der Waals surface area contributed by atoms with Crippen molar-refractivity contribution in [3.63, 3.8) is 0 Å². The summed E-state index contributed by atoms with van der Waals surface area (Å²) in [5.41, 5.74) is 4.48. The number of aromatic nitrogens is 1. The zero-order chi connectivity index (χ0) is 16.5. The molecular formula is C20H15NO3. The van der Waals surface area contributed by atoms with Crippen molar-refractivity contribution in [1.29, 1.82) is 0 Å². The van der Waals surface area contributed by atoms with Gasteiger partial charge in [0.05, 0.1) is 7.11 Å². The Balaban J connectivity index is 1.79. The maximum atomic E-state index is 9.71. The van der Waals surface area contributed by atoms with E-state index in [0.717, 1.165) is 27.8 Å². The summed E-state index contributed by atoms with van der Waals surface area (Å²) in [6, 6.07) is 21.1. The van der Waals surface area contributed by atoms with E-state index in [1.807, 2.05) is 36.4 Å². The van der Waals surface area contributed by atoms with Gasteiger partial charge in [-0.1, -0.05) is 36.4 Å². The highest BCUT2D eigenvalue weighted by atomic mass is 16.5. The molecule has 0 bridgehead atoms. The minimum atomic E-state index is 0.0868. The topological polar surface area (TPSA) is 55.5 Å². The number of fused-ring (bicyclic) bond motifs is 1. The van der Waals surface area contributed by atoms with E-state index < -0.39 is 0 Å². The van der Waals surface area contributed by atoms with Gasteiger partial charge in [0.1, 0.15) is 5.52 Å². The Morgan fingerprint density at radius 1 is 0.875 bits per heavy atom. The van der Waals surface area contributed by atoms with Gasteiger partial charge >= 0.3 is 0 Å². The molecule has 1 aromatic heterocycles. The van der Waals surface area contributed by atoms with Crippen LogP contribution in [-0.4, -0.2) is 17.2 Å². The van der Waals surface area contributed by atoms with Gasteiger partial charge in [-0.25, -0.2) is 4.98 Å². The van der Waals surface area contributed by atoms with Gasteiger partial charge in [-0.05, 0) is 41.5 Å². The predicted octanol–water partition coefficient (Wildman–Crippen LogP) is 4.88. The van der Waals surface area contributed by atoms with Gasteiger partial charge in [-0.2, -0.15) is 0 Å². The maximum Gasteiger partial charge on any atom is 0.227 e. The molecule has 0 spiro atoms. The molecule has 0 aliphatic rings. The second-order valence-electron chi connectivity index (χ2n) is 5.45. The third kappa shape index (κ3) is 2.48. The van der Waals surface area contributed by atoms with Gasteiger partial charge < -0.3 is 14.3 Å². The molecule has 24 heavy (non-hydrogen) atoms. The van der Waals surface area contributed by atoms with Gasteiger partial charge in [-0.3, -0.25) is 0 Å². The van der Waals surface area contributed by atoms with Crippen molar-refractivity contribution < 1.29 is 14.3 Å². The zero-order valence-corrected chi connectivity index (χ0v) is 13.1. The fourth-order valence-corrected chi connectivity index (χ4v) is 2.67. The summed E-state index contributed by atoms with van der Waals surface area (Å²) in [7, 11) is 1.51. The highest BCUT2D eigenvalue weighted by Crippen LogP contribution is 2.33. The number of ether oxygens (including phenoxy) is 1. The first-order valence-electron chi connectivity index (χ1n) is 7.58. The third-order valence-electron chi connectivity index (χ3n) is 3.92. The molecule has 0 aliphatic carbocycles. The van der Waals surface area contributed by atoms with Crippen LogP contribution >= 0.6 is 0 Å². The first-order valence-corrected chi connectivity index (χ1v) is 7.58. The van der Waals surface area contributed by atoms with E-state index in [0.29, 0.717) is 11.6 Å². The van der Waals surface area contributed by atoms with Crippen LogP contribution in [0.3, 0.4) is 0 Å². The molecule has 0 radical (unpaired) electrons. The third-order valence-corrected chi connectivity index (χ3v) is 3.92. The van der Waals surface area contributed by atoms with E-state index in [1.165, 1.54) is 7.11 Å². The van der Waals surface area contributed by atoms with Gasteiger partial charge in [0.2, 0.25) is 5.89 Å². The van der Waals surface area contributed by atoms with E-state index >= 15 is 0 Å². The number of hydrogen-bond donors (Lipinski definition) is 1. The van der Waals surface area contributed by atoms with E-state index in [2.05, 4.69) is 17.1 Å². The summed E-state index contributed by atoms with van der Waals surface area (Å²) in [6.45, 7) is 0. The quantitative estimate of drug-likeness (QED) is 0.585. The number of benzene rings is 3. The molecule has 4 rings (SSSR count). The fourth-order valence-electron chi connectivity index (χ4n) is 2.67.